The van der Waals surface area contributed by atoms with Crippen molar-refractivity contribution >= 4 is 21.5 Å². The molecule has 0 bridgehead atoms. The van der Waals surface area contributed by atoms with Gasteiger partial charge < -0.3 is 5.32 Å². The topological polar surface area (TPSA) is 71.1 Å². The molecule has 0 saturated carbocycles. The van der Waals surface area contributed by atoms with E-state index in [1.807, 2.05) is 0 Å². The molecule has 0 spiro atoms. The Morgan fingerprint density at radius 1 is 1.19 bits per heavy atom. The van der Waals surface area contributed by atoms with Gasteiger partial charge in [-0.1, -0.05) is 18.2 Å². The number of pyridine rings is 1. The van der Waals surface area contributed by atoms with Crippen LogP contribution in [0.1, 0.15) is 12.5 Å². The van der Waals surface area contributed by atoms with Crippen LogP contribution in [-0.4, -0.2) is 19.2 Å². The van der Waals surface area contributed by atoms with E-state index in [-0.39, 0.29) is 17.4 Å². The van der Waals surface area contributed by atoms with Crippen LogP contribution in [0.5, 0.6) is 0 Å². The van der Waals surface area contributed by atoms with Gasteiger partial charge in [-0.2, -0.15) is 0 Å². The number of benzene rings is 1. The van der Waals surface area contributed by atoms with Crippen molar-refractivity contribution in [3.05, 3.63) is 54.0 Å². The zero-order valence-corrected chi connectivity index (χ0v) is 12.3. The minimum absolute atomic E-state index is 0.0119. The second-order valence-electron chi connectivity index (χ2n) is 4.38. The number of aromatic nitrogens is 1. The highest BCUT2D eigenvalue weighted by atomic mass is 32.2. The van der Waals surface area contributed by atoms with Crippen molar-refractivity contribution in [3.8, 4) is 0 Å². The summed E-state index contributed by atoms with van der Waals surface area (Å²) in [7, 11) is -3.33. The Labute approximate surface area is 123 Å². The number of hydrogen-bond acceptors (Lipinski definition) is 4. The van der Waals surface area contributed by atoms with Crippen molar-refractivity contribution < 1.29 is 12.8 Å². The molecule has 2 aromatic rings. The Bertz CT molecular complexity index is 702. The number of nitrogens with zero attached hydrogens (tertiary/aromatic N) is 1. The van der Waals surface area contributed by atoms with Crippen LogP contribution < -0.4 is 10.0 Å². The van der Waals surface area contributed by atoms with Crippen LogP contribution in [0.3, 0.4) is 0 Å². The van der Waals surface area contributed by atoms with Crippen molar-refractivity contribution in [3.63, 3.8) is 0 Å². The molecular weight excluding hydrogens is 293 g/mol. The molecule has 0 saturated heterocycles. The van der Waals surface area contributed by atoms with Crippen molar-refractivity contribution in [2.75, 3.05) is 15.8 Å². The summed E-state index contributed by atoms with van der Waals surface area (Å²) in [6.45, 7) is 1.88. The number of halogens is 1. The van der Waals surface area contributed by atoms with Gasteiger partial charge in [0.1, 0.15) is 11.6 Å². The normalized spacial score (nSPS) is 11.1. The van der Waals surface area contributed by atoms with E-state index in [2.05, 4.69) is 15.0 Å². The van der Waals surface area contributed by atoms with E-state index in [0.29, 0.717) is 17.8 Å². The first kappa shape index (κ1) is 15.2. The molecule has 1 heterocycles. The van der Waals surface area contributed by atoms with E-state index in [1.165, 1.54) is 12.3 Å². The largest absolute Gasteiger partial charge is 0.380 e. The fraction of sp³-hybridized carbons (Fsp3) is 0.214. The SMILES string of the molecule is CCS(=O)(=O)Nc1ccc(NCc2ccccc2F)cn1. The fourth-order valence-electron chi connectivity index (χ4n) is 1.63. The number of sulfonamides is 1. The third-order valence-electron chi connectivity index (χ3n) is 2.84. The van der Waals surface area contributed by atoms with Crippen LogP contribution in [-0.2, 0) is 16.6 Å². The first-order chi connectivity index (χ1) is 10.00. The molecule has 0 fully saturated rings. The Kier molecular flexibility index (Phi) is 4.74. The van der Waals surface area contributed by atoms with Crippen LogP contribution >= 0.6 is 0 Å². The van der Waals surface area contributed by atoms with Crippen LogP contribution in [0.25, 0.3) is 0 Å². The molecule has 0 aliphatic heterocycles. The average molecular weight is 309 g/mol. The van der Waals surface area contributed by atoms with Crippen molar-refractivity contribution in [2.45, 2.75) is 13.5 Å². The molecule has 1 aromatic heterocycles. The van der Waals surface area contributed by atoms with Gasteiger partial charge in [0.05, 0.1) is 17.6 Å². The molecule has 0 aliphatic rings. The maximum Gasteiger partial charge on any atom is 0.233 e. The third-order valence-corrected chi connectivity index (χ3v) is 4.12. The van der Waals surface area contributed by atoms with Crippen molar-refractivity contribution in [1.29, 1.82) is 0 Å². The molecular formula is C14H16FN3O2S. The number of nitrogens with one attached hydrogen (secondary N) is 2. The number of hydrogen-bond donors (Lipinski definition) is 2. The molecule has 2 N–H and O–H groups in total. The van der Waals surface area contributed by atoms with Crippen molar-refractivity contribution in [2.24, 2.45) is 0 Å². The van der Waals surface area contributed by atoms with E-state index >= 15 is 0 Å². The van der Waals surface area contributed by atoms with Gasteiger partial charge in [0, 0.05) is 12.1 Å². The second-order valence-corrected chi connectivity index (χ2v) is 6.39. The minimum Gasteiger partial charge on any atom is -0.380 e. The molecule has 0 unspecified atom stereocenters. The Morgan fingerprint density at radius 3 is 2.57 bits per heavy atom. The van der Waals surface area contributed by atoms with Gasteiger partial charge in [0.2, 0.25) is 10.0 Å². The summed E-state index contributed by atoms with van der Waals surface area (Å²) in [6.07, 6.45) is 1.49. The fourth-order valence-corrected chi connectivity index (χ4v) is 2.21. The van der Waals surface area contributed by atoms with Crippen molar-refractivity contribution in [1.82, 2.24) is 4.98 Å². The highest BCUT2D eigenvalue weighted by Crippen LogP contribution is 2.13. The number of anilines is 2. The van der Waals surface area contributed by atoms with Gasteiger partial charge in [-0.05, 0) is 25.1 Å². The quantitative estimate of drug-likeness (QED) is 0.860. The molecule has 0 amide bonds. The summed E-state index contributed by atoms with van der Waals surface area (Å²) in [5, 5.41) is 3.03. The van der Waals surface area contributed by atoms with E-state index in [9.17, 15) is 12.8 Å². The first-order valence-electron chi connectivity index (χ1n) is 6.44. The molecule has 2 rings (SSSR count). The van der Waals surface area contributed by atoms with Gasteiger partial charge in [0.25, 0.3) is 0 Å². The third kappa shape index (κ3) is 4.42. The van der Waals surface area contributed by atoms with E-state index in [4.69, 9.17) is 0 Å². The first-order valence-corrected chi connectivity index (χ1v) is 8.09. The van der Waals surface area contributed by atoms with Gasteiger partial charge in [-0.15, -0.1) is 0 Å². The predicted molar refractivity (Wildman–Crippen MR) is 81.0 cm³/mol. The van der Waals surface area contributed by atoms with Crippen LogP contribution in [0.15, 0.2) is 42.6 Å². The summed E-state index contributed by atoms with van der Waals surface area (Å²) < 4.78 is 38.6. The smallest absolute Gasteiger partial charge is 0.233 e. The lowest BCUT2D eigenvalue weighted by Crippen LogP contribution is -2.15. The molecule has 0 radical (unpaired) electrons. The van der Waals surface area contributed by atoms with E-state index < -0.39 is 10.0 Å². The lowest BCUT2D eigenvalue weighted by molar-refractivity contribution is 0.602. The zero-order chi connectivity index (χ0) is 15.3. The molecule has 21 heavy (non-hydrogen) atoms. The maximum atomic E-state index is 13.4. The predicted octanol–water partition coefficient (Wildman–Crippen LogP) is 2.59. The molecule has 1 aromatic carbocycles. The standard InChI is InChI=1S/C14H16FN3O2S/c1-2-21(19,20)18-14-8-7-12(10-17-14)16-9-11-5-3-4-6-13(11)15/h3-8,10,16H,2,9H2,1H3,(H,17,18). The zero-order valence-electron chi connectivity index (χ0n) is 11.5. The van der Waals surface area contributed by atoms with Gasteiger partial charge in [0.15, 0.2) is 0 Å². The lowest BCUT2D eigenvalue weighted by Gasteiger charge is -2.09. The highest BCUT2D eigenvalue weighted by Gasteiger charge is 2.07. The second kappa shape index (κ2) is 6.53. The Hall–Kier alpha value is -2.15. The van der Waals surface area contributed by atoms with Gasteiger partial charge >= 0.3 is 0 Å². The lowest BCUT2D eigenvalue weighted by atomic mass is 10.2. The molecule has 0 aliphatic carbocycles. The Morgan fingerprint density at radius 2 is 1.95 bits per heavy atom. The minimum atomic E-state index is -3.33. The highest BCUT2D eigenvalue weighted by molar-refractivity contribution is 7.92. The summed E-state index contributed by atoms with van der Waals surface area (Å²) in [5.41, 5.74) is 1.23. The molecule has 112 valence electrons. The average Bonchev–Trinajstić information content (AvgIpc) is 2.48. The maximum absolute atomic E-state index is 13.4. The Balaban J connectivity index is 1.98. The van der Waals surface area contributed by atoms with Gasteiger partial charge in [-0.3, -0.25) is 4.72 Å². The monoisotopic (exact) mass is 309 g/mol. The number of rotatable bonds is 6. The molecule has 5 nitrogen and oxygen atoms in total. The summed E-state index contributed by atoms with van der Waals surface area (Å²) in [4.78, 5) is 4.00. The van der Waals surface area contributed by atoms with Crippen LogP contribution in [0.2, 0.25) is 0 Å². The summed E-state index contributed by atoms with van der Waals surface area (Å²) >= 11 is 0. The van der Waals surface area contributed by atoms with E-state index in [0.717, 1.165) is 0 Å². The molecule has 7 heteroatoms. The summed E-state index contributed by atoms with van der Waals surface area (Å²) in [6, 6.07) is 9.73. The van der Waals surface area contributed by atoms with Crippen LogP contribution in [0.4, 0.5) is 15.9 Å². The molecule has 0 atom stereocenters. The van der Waals surface area contributed by atoms with Crippen LogP contribution in [0, 0.1) is 5.82 Å². The van der Waals surface area contributed by atoms with Gasteiger partial charge in [-0.25, -0.2) is 17.8 Å². The van der Waals surface area contributed by atoms with E-state index in [1.54, 1.807) is 37.3 Å². The summed E-state index contributed by atoms with van der Waals surface area (Å²) in [5.74, 6) is -0.0271.